The summed E-state index contributed by atoms with van der Waals surface area (Å²) in [5.41, 5.74) is 2.70. The Kier molecular flexibility index (Phi) is 6.31. The van der Waals surface area contributed by atoms with Crippen LogP contribution in [0.25, 0.3) is 6.08 Å². The van der Waals surface area contributed by atoms with Crippen molar-refractivity contribution < 1.29 is 14.3 Å². The number of carbonyl (C=O) groups excluding carboxylic acids is 2. The van der Waals surface area contributed by atoms with E-state index in [9.17, 15) is 9.59 Å². The maximum absolute atomic E-state index is 12.1. The number of anilines is 1. The van der Waals surface area contributed by atoms with Crippen LogP contribution in [-0.4, -0.2) is 16.7 Å². The maximum atomic E-state index is 12.1. The zero-order valence-corrected chi connectivity index (χ0v) is 15.5. The molecule has 0 bridgehead atoms. The number of para-hydroxylation sites is 1. The minimum absolute atomic E-state index is 0.0961. The number of amides is 1. The van der Waals surface area contributed by atoms with Gasteiger partial charge in [-0.1, -0.05) is 30.3 Å². The number of nitrogens with one attached hydrogen (secondary N) is 1. The number of rotatable bonds is 7. The third kappa shape index (κ3) is 5.38. The Labute approximate surface area is 163 Å². The lowest BCUT2D eigenvalue weighted by Crippen LogP contribution is -2.11. The largest absolute Gasteiger partial charge is 0.487 e. The summed E-state index contributed by atoms with van der Waals surface area (Å²) < 4.78 is 5.69. The van der Waals surface area contributed by atoms with Gasteiger partial charge in [-0.05, 0) is 55.0 Å². The molecule has 1 heterocycles. The van der Waals surface area contributed by atoms with E-state index in [1.165, 1.54) is 13.0 Å². The zero-order valence-electron chi connectivity index (χ0n) is 15.5. The number of Topliss-reactive ketones (excluding diaryl/α,β-unsaturated/α-hetero) is 1. The Hall–Kier alpha value is -3.73. The van der Waals surface area contributed by atoms with Gasteiger partial charge in [0.15, 0.2) is 5.78 Å². The molecule has 0 saturated heterocycles. The number of pyridine rings is 1. The van der Waals surface area contributed by atoms with E-state index in [0.29, 0.717) is 17.9 Å². The molecule has 1 amide bonds. The van der Waals surface area contributed by atoms with E-state index in [0.717, 1.165) is 17.0 Å². The zero-order chi connectivity index (χ0) is 19.8. The van der Waals surface area contributed by atoms with Crippen molar-refractivity contribution >= 4 is 23.5 Å². The normalized spacial score (nSPS) is 10.6. The molecule has 5 nitrogen and oxygen atoms in total. The SMILES string of the molecule is CC(=O)c1ccccc1NC(=O)/C=C/c1ccc(OCc2ccccn2)cc1. The molecule has 1 aromatic heterocycles. The van der Waals surface area contributed by atoms with Crippen molar-refractivity contribution in [3.8, 4) is 5.75 Å². The smallest absolute Gasteiger partial charge is 0.248 e. The van der Waals surface area contributed by atoms with Crippen LogP contribution in [-0.2, 0) is 11.4 Å². The van der Waals surface area contributed by atoms with Crippen molar-refractivity contribution in [2.24, 2.45) is 0 Å². The molecule has 3 rings (SSSR count). The van der Waals surface area contributed by atoms with Gasteiger partial charge in [0, 0.05) is 17.8 Å². The molecule has 0 atom stereocenters. The molecule has 3 aromatic rings. The average Bonchev–Trinajstić information content (AvgIpc) is 2.72. The van der Waals surface area contributed by atoms with Gasteiger partial charge in [0.25, 0.3) is 0 Å². The van der Waals surface area contributed by atoms with Crippen molar-refractivity contribution in [3.63, 3.8) is 0 Å². The molecule has 5 heteroatoms. The molecular formula is C23H20N2O3. The van der Waals surface area contributed by atoms with E-state index < -0.39 is 0 Å². The van der Waals surface area contributed by atoms with Crippen molar-refractivity contribution in [2.45, 2.75) is 13.5 Å². The van der Waals surface area contributed by atoms with Gasteiger partial charge in [0.2, 0.25) is 5.91 Å². The van der Waals surface area contributed by atoms with Gasteiger partial charge in [0.05, 0.1) is 11.4 Å². The number of hydrogen-bond acceptors (Lipinski definition) is 4. The summed E-state index contributed by atoms with van der Waals surface area (Å²) in [4.78, 5) is 28.0. The first-order valence-corrected chi connectivity index (χ1v) is 8.83. The molecule has 0 saturated carbocycles. The van der Waals surface area contributed by atoms with Crippen LogP contribution >= 0.6 is 0 Å². The van der Waals surface area contributed by atoms with Gasteiger partial charge < -0.3 is 10.1 Å². The van der Waals surface area contributed by atoms with Gasteiger partial charge >= 0.3 is 0 Å². The maximum Gasteiger partial charge on any atom is 0.248 e. The number of carbonyl (C=O) groups is 2. The van der Waals surface area contributed by atoms with E-state index in [-0.39, 0.29) is 11.7 Å². The van der Waals surface area contributed by atoms with E-state index in [1.807, 2.05) is 42.5 Å². The summed E-state index contributed by atoms with van der Waals surface area (Å²) in [6.45, 7) is 1.87. The van der Waals surface area contributed by atoms with Gasteiger partial charge in [-0.3, -0.25) is 14.6 Å². The molecule has 0 spiro atoms. The fourth-order valence-electron chi connectivity index (χ4n) is 2.56. The molecule has 140 valence electrons. The Morgan fingerprint density at radius 3 is 2.46 bits per heavy atom. The molecule has 2 aromatic carbocycles. The molecule has 0 aliphatic carbocycles. The second-order valence-electron chi connectivity index (χ2n) is 6.10. The summed E-state index contributed by atoms with van der Waals surface area (Å²) in [6.07, 6.45) is 4.86. The number of hydrogen-bond donors (Lipinski definition) is 1. The van der Waals surface area contributed by atoms with E-state index in [2.05, 4.69) is 10.3 Å². The van der Waals surface area contributed by atoms with E-state index in [4.69, 9.17) is 4.74 Å². The second-order valence-corrected chi connectivity index (χ2v) is 6.10. The molecule has 0 fully saturated rings. The van der Waals surface area contributed by atoms with Crippen molar-refractivity contribution in [1.29, 1.82) is 0 Å². The quantitative estimate of drug-likeness (QED) is 0.489. The molecular weight excluding hydrogens is 352 g/mol. The number of benzene rings is 2. The minimum Gasteiger partial charge on any atom is -0.487 e. The summed E-state index contributed by atoms with van der Waals surface area (Å²) in [5, 5.41) is 2.73. The molecule has 0 radical (unpaired) electrons. The lowest BCUT2D eigenvalue weighted by molar-refractivity contribution is -0.111. The lowest BCUT2D eigenvalue weighted by atomic mass is 10.1. The first-order valence-electron chi connectivity index (χ1n) is 8.83. The third-order valence-corrected chi connectivity index (χ3v) is 3.98. The third-order valence-electron chi connectivity index (χ3n) is 3.98. The highest BCUT2D eigenvalue weighted by Crippen LogP contribution is 2.17. The number of aromatic nitrogens is 1. The summed E-state index contributed by atoms with van der Waals surface area (Å²) in [7, 11) is 0. The predicted molar refractivity (Wildman–Crippen MR) is 109 cm³/mol. The first-order chi connectivity index (χ1) is 13.6. The highest BCUT2D eigenvalue weighted by molar-refractivity contribution is 6.07. The van der Waals surface area contributed by atoms with Crippen molar-refractivity contribution in [3.05, 3.63) is 95.8 Å². The fourth-order valence-corrected chi connectivity index (χ4v) is 2.56. The Morgan fingerprint density at radius 2 is 1.75 bits per heavy atom. The second kappa shape index (κ2) is 9.28. The van der Waals surface area contributed by atoms with Gasteiger partial charge in [-0.25, -0.2) is 0 Å². The van der Waals surface area contributed by atoms with Crippen LogP contribution in [0.1, 0.15) is 28.5 Å². The highest BCUT2D eigenvalue weighted by Gasteiger charge is 2.07. The molecule has 28 heavy (non-hydrogen) atoms. The topological polar surface area (TPSA) is 68.3 Å². The Bertz CT molecular complexity index is 980. The summed E-state index contributed by atoms with van der Waals surface area (Å²) in [6, 6.07) is 20.0. The minimum atomic E-state index is -0.302. The van der Waals surface area contributed by atoms with Gasteiger partial charge in [0.1, 0.15) is 12.4 Å². The van der Waals surface area contributed by atoms with Crippen LogP contribution in [0.4, 0.5) is 5.69 Å². The molecule has 1 N–H and O–H groups in total. The van der Waals surface area contributed by atoms with Crippen LogP contribution in [0.15, 0.2) is 79.0 Å². The Balaban J connectivity index is 1.57. The lowest BCUT2D eigenvalue weighted by Gasteiger charge is -2.07. The van der Waals surface area contributed by atoms with Crippen LogP contribution in [0.5, 0.6) is 5.75 Å². The van der Waals surface area contributed by atoms with E-state index >= 15 is 0 Å². The summed E-state index contributed by atoms with van der Waals surface area (Å²) in [5.74, 6) is 0.327. The van der Waals surface area contributed by atoms with Gasteiger partial charge in [-0.2, -0.15) is 0 Å². The standard InChI is InChI=1S/C23H20N2O3/c1-17(26)21-7-2-3-8-22(21)25-23(27)14-11-18-9-12-20(13-10-18)28-16-19-6-4-5-15-24-19/h2-15H,16H2,1H3,(H,25,27)/b14-11+. The molecule has 0 unspecified atom stereocenters. The monoisotopic (exact) mass is 372 g/mol. The first kappa shape index (κ1) is 19.0. The number of ether oxygens (including phenoxy) is 1. The van der Waals surface area contributed by atoms with Crippen LogP contribution in [0.2, 0.25) is 0 Å². The summed E-state index contributed by atoms with van der Waals surface area (Å²) >= 11 is 0. The van der Waals surface area contributed by atoms with Crippen LogP contribution in [0, 0.1) is 0 Å². The van der Waals surface area contributed by atoms with Crippen molar-refractivity contribution in [2.75, 3.05) is 5.32 Å². The van der Waals surface area contributed by atoms with Crippen molar-refractivity contribution in [1.82, 2.24) is 4.98 Å². The van der Waals surface area contributed by atoms with Crippen LogP contribution < -0.4 is 10.1 Å². The molecule has 0 aliphatic heterocycles. The average molecular weight is 372 g/mol. The Morgan fingerprint density at radius 1 is 1.00 bits per heavy atom. The fraction of sp³-hybridized carbons (Fsp3) is 0.0870. The van der Waals surface area contributed by atoms with E-state index in [1.54, 1.807) is 36.5 Å². The molecule has 0 aliphatic rings. The number of nitrogens with zero attached hydrogens (tertiary/aromatic N) is 1. The number of ketones is 1. The highest BCUT2D eigenvalue weighted by atomic mass is 16.5. The predicted octanol–water partition coefficient (Wildman–Crippen LogP) is 4.52. The van der Waals surface area contributed by atoms with Gasteiger partial charge in [-0.15, -0.1) is 0 Å². The van der Waals surface area contributed by atoms with Crippen LogP contribution in [0.3, 0.4) is 0 Å².